The van der Waals surface area contributed by atoms with E-state index in [4.69, 9.17) is 4.52 Å². The zero-order valence-corrected chi connectivity index (χ0v) is 14.1. The number of carbonyl (C=O) groups excluding carboxylic acids is 1. The van der Waals surface area contributed by atoms with Crippen LogP contribution in [0, 0.1) is 6.92 Å². The molecule has 1 fully saturated rings. The number of hydrogen-bond acceptors (Lipinski definition) is 4. The lowest BCUT2D eigenvalue weighted by Crippen LogP contribution is -2.50. The lowest BCUT2D eigenvalue weighted by Gasteiger charge is -2.37. The van der Waals surface area contributed by atoms with Gasteiger partial charge in [-0.25, -0.2) is 0 Å². The van der Waals surface area contributed by atoms with Gasteiger partial charge < -0.3 is 9.42 Å². The number of likely N-dealkylation sites (tertiary alicyclic amines) is 1. The number of aryl methyl sites for hydroxylation is 1. The number of aromatic nitrogens is 1. The quantitative estimate of drug-likeness (QED) is 0.870. The van der Waals surface area contributed by atoms with E-state index < -0.39 is 0 Å². The Morgan fingerprint density at radius 3 is 2.71 bits per heavy atom. The predicted octanol–water partition coefficient (Wildman–Crippen LogP) is 2.53. The number of nitrogens with zero attached hydrogens (tertiary/aromatic N) is 3. The fourth-order valence-corrected chi connectivity index (χ4v) is 3.84. The summed E-state index contributed by atoms with van der Waals surface area (Å²) in [6.07, 6.45) is 3.03. The number of benzene rings is 1. The lowest BCUT2D eigenvalue weighted by atomic mass is 9.93. The van der Waals surface area contributed by atoms with Gasteiger partial charge in [0, 0.05) is 32.2 Å². The maximum Gasteiger partial charge on any atom is 0.240 e. The third kappa shape index (κ3) is 2.96. The molecule has 0 radical (unpaired) electrons. The number of carbonyl (C=O) groups is 1. The van der Waals surface area contributed by atoms with Crippen LogP contribution in [0.5, 0.6) is 0 Å². The molecule has 5 nitrogen and oxygen atoms in total. The molecule has 0 spiro atoms. The molecule has 3 heterocycles. The van der Waals surface area contributed by atoms with Gasteiger partial charge in [-0.05, 0) is 37.3 Å². The molecule has 0 unspecified atom stereocenters. The Morgan fingerprint density at radius 1 is 1.25 bits per heavy atom. The van der Waals surface area contributed by atoms with Gasteiger partial charge in [0.25, 0.3) is 0 Å². The number of rotatable bonds is 3. The van der Waals surface area contributed by atoms with E-state index in [-0.39, 0.29) is 11.9 Å². The summed E-state index contributed by atoms with van der Waals surface area (Å²) in [5.74, 6) is 1.08. The number of amides is 1. The van der Waals surface area contributed by atoms with E-state index in [0.29, 0.717) is 6.54 Å². The zero-order chi connectivity index (χ0) is 16.5. The minimum atomic E-state index is -0.102. The van der Waals surface area contributed by atoms with Gasteiger partial charge in [-0.3, -0.25) is 9.69 Å². The maximum absolute atomic E-state index is 13.1. The van der Waals surface area contributed by atoms with Crippen LogP contribution in [-0.4, -0.2) is 40.0 Å². The minimum Gasteiger partial charge on any atom is -0.361 e. The second kappa shape index (κ2) is 6.40. The van der Waals surface area contributed by atoms with Crippen molar-refractivity contribution in [2.24, 2.45) is 0 Å². The highest BCUT2D eigenvalue weighted by Gasteiger charge is 2.35. The first-order valence-electron chi connectivity index (χ1n) is 8.72. The monoisotopic (exact) mass is 325 g/mol. The summed E-state index contributed by atoms with van der Waals surface area (Å²) in [5.41, 5.74) is 3.50. The summed E-state index contributed by atoms with van der Waals surface area (Å²) in [5, 5.41) is 4.12. The van der Waals surface area contributed by atoms with Crippen LogP contribution >= 0.6 is 0 Å². The first-order valence-corrected chi connectivity index (χ1v) is 8.72. The molecule has 1 atom stereocenters. The van der Waals surface area contributed by atoms with E-state index in [9.17, 15) is 4.79 Å². The molecule has 5 heteroatoms. The van der Waals surface area contributed by atoms with Crippen molar-refractivity contribution in [3.63, 3.8) is 0 Å². The largest absolute Gasteiger partial charge is 0.361 e. The molecule has 0 aliphatic carbocycles. The van der Waals surface area contributed by atoms with E-state index >= 15 is 0 Å². The van der Waals surface area contributed by atoms with Gasteiger partial charge in [0.2, 0.25) is 5.91 Å². The molecule has 2 aromatic rings. The average Bonchev–Trinajstić information content (AvgIpc) is 3.25. The van der Waals surface area contributed by atoms with Crippen molar-refractivity contribution in [2.75, 3.05) is 13.1 Å². The zero-order valence-electron chi connectivity index (χ0n) is 14.1. The van der Waals surface area contributed by atoms with Crippen molar-refractivity contribution in [1.82, 2.24) is 15.0 Å². The van der Waals surface area contributed by atoms with Gasteiger partial charge in [-0.15, -0.1) is 0 Å². The molecular formula is C19H23N3O2. The Balaban J connectivity index is 1.60. The normalized spacial score (nSPS) is 21.0. The van der Waals surface area contributed by atoms with Gasteiger partial charge in [0.1, 0.15) is 5.76 Å². The highest BCUT2D eigenvalue weighted by Crippen LogP contribution is 2.27. The van der Waals surface area contributed by atoms with Crippen molar-refractivity contribution >= 4 is 5.91 Å². The fourth-order valence-electron chi connectivity index (χ4n) is 3.84. The van der Waals surface area contributed by atoms with E-state index in [1.165, 1.54) is 11.1 Å². The molecule has 1 amide bonds. The van der Waals surface area contributed by atoms with Crippen molar-refractivity contribution in [1.29, 1.82) is 0 Å². The Hall–Kier alpha value is -2.14. The van der Waals surface area contributed by atoms with Crippen LogP contribution in [0.2, 0.25) is 0 Å². The first-order chi connectivity index (χ1) is 11.7. The Morgan fingerprint density at radius 2 is 2.00 bits per heavy atom. The average molecular weight is 325 g/mol. The van der Waals surface area contributed by atoms with E-state index in [1.807, 2.05) is 17.9 Å². The Kier molecular flexibility index (Phi) is 4.10. The molecule has 2 aliphatic heterocycles. The minimum absolute atomic E-state index is 0.102. The van der Waals surface area contributed by atoms with Crippen LogP contribution in [0.15, 0.2) is 34.9 Å². The molecular weight excluding hydrogens is 302 g/mol. The topological polar surface area (TPSA) is 49.6 Å². The molecule has 1 aromatic carbocycles. The van der Waals surface area contributed by atoms with Gasteiger partial charge in [-0.1, -0.05) is 29.4 Å². The Bertz CT molecular complexity index is 734. The first kappa shape index (κ1) is 15.4. The maximum atomic E-state index is 13.1. The second-order valence-corrected chi connectivity index (χ2v) is 6.85. The molecule has 0 bridgehead atoms. The smallest absolute Gasteiger partial charge is 0.240 e. The second-order valence-electron chi connectivity index (χ2n) is 6.85. The lowest BCUT2D eigenvalue weighted by molar-refractivity contribution is -0.136. The molecule has 1 saturated heterocycles. The number of hydrogen-bond donors (Lipinski definition) is 0. The summed E-state index contributed by atoms with van der Waals surface area (Å²) in [6.45, 7) is 5.12. The molecule has 2 aliphatic rings. The summed E-state index contributed by atoms with van der Waals surface area (Å²) >= 11 is 0. The summed E-state index contributed by atoms with van der Waals surface area (Å²) in [4.78, 5) is 17.3. The molecule has 24 heavy (non-hydrogen) atoms. The van der Waals surface area contributed by atoms with Crippen molar-refractivity contribution < 1.29 is 9.32 Å². The van der Waals surface area contributed by atoms with Crippen LogP contribution in [0.1, 0.15) is 35.4 Å². The van der Waals surface area contributed by atoms with Crippen LogP contribution in [-0.2, 0) is 24.3 Å². The summed E-state index contributed by atoms with van der Waals surface area (Å²) in [6, 6.07) is 10.3. The van der Waals surface area contributed by atoms with Crippen LogP contribution in [0.25, 0.3) is 0 Å². The third-order valence-electron chi connectivity index (χ3n) is 5.09. The number of fused-ring (bicyclic) bond motifs is 1. The van der Waals surface area contributed by atoms with Crippen molar-refractivity contribution in [2.45, 2.75) is 45.3 Å². The molecule has 126 valence electrons. The van der Waals surface area contributed by atoms with E-state index in [2.05, 4.69) is 34.3 Å². The summed E-state index contributed by atoms with van der Waals surface area (Å²) in [7, 11) is 0. The van der Waals surface area contributed by atoms with Gasteiger partial charge in [-0.2, -0.15) is 0 Å². The molecule has 4 rings (SSSR count). The highest BCUT2D eigenvalue weighted by molar-refractivity contribution is 5.82. The Labute approximate surface area is 142 Å². The fraction of sp³-hybridized carbons (Fsp3) is 0.474. The van der Waals surface area contributed by atoms with Gasteiger partial charge >= 0.3 is 0 Å². The molecule has 0 saturated carbocycles. The van der Waals surface area contributed by atoms with E-state index in [0.717, 1.165) is 50.4 Å². The van der Waals surface area contributed by atoms with Crippen LogP contribution in [0.4, 0.5) is 0 Å². The highest BCUT2D eigenvalue weighted by atomic mass is 16.5. The predicted molar refractivity (Wildman–Crippen MR) is 90.2 cm³/mol. The van der Waals surface area contributed by atoms with Crippen molar-refractivity contribution in [3.05, 3.63) is 52.9 Å². The molecule has 1 aromatic heterocycles. The van der Waals surface area contributed by atoms with Gasteiger partial charge in [0.15, 0.2) is 0 Å². The van der Waals surface area contributed by atoms with Crippen LogP contribution in [0.3, 0.4) is 0 Å². The standard InChI is InChI=1S/C19H23N3O2/c1-14-10-17(20-24-14)13-22-12-16-7-3-2-6-15(16)11-18(22)19(23)21-8-4-5-9-21/h2-3,6-7,10,18H,4-5,8-9,11-13H2,1H3/t18-/m0/s1. The van der Waals surface area contributed by atoms with E-state index in [1.54, 1.807) is 0 Å². The van der Waals surface area contributed by atoms with Crippen molar-refractivity contribution in [3.8, 4) is 0 Å². The SMILES string of the molecule is Cc1cc(CN2Cc3ccccc3C[C@H]2C(=O)N2CCCC2)no1. The molecule has 0 N–H and O–H groups in total. The van der Waals surface area contributed by atoms with Gasteiger partial charge in [0.05, 0.1) is 11.7 Å². The van der Waals surface area contributed by atoms with Crippen LogP contribution < -0.4 is 0 Å². The summed E-state index contributed by atoms with van der Waals surface area (Å²) < 4.78 is 5.20. The third-order valence-corrected chi connectivity index (χ3v) is 5.09.